The van der Waals surface area contributed by atoms with Crippen LogP contribution in [0.15, 0.2) is 36.7 Å². The van der Waals surface area contributed by atoms with E-state index < -0.39 is 0 Å². The van der Waals surface area contributed by atoms with Crippen molar-refractivity contribution in [3.8, 4) is 0 Å². The molecule has 0 saturated carbocycles. The van der Waals surface area contributed by atoms with E-state index in [-0.39, 0.29) is 24.6 Å². The van der Waals surface area contributed by atoms with Gasteiger partial charge in [0.1, 0.15) is 5.82 Å². The van der Waals surface area contributed by atoms with Gasteiger partial charge >= 0.3 is 6.03 Å². The number of rotatable bonds is 4. The van der Waals surface area contributed by atoms with Gasteiger partial charge in [-0.2, -0.15) is 5.10 Å². The van der Waals surface area contributed by atoms with Crippen molar-refractivity contribution in [3.05, 3.63) is 48.0 Å². The van der Waals surface area contributed by atoms with Gasteiger partial charge < -0.3 is 20.1 Å². The van der Waals surface area contributed by atoms with Gasteiger partial charge in [-0.1, -0.05) is 12.1 Å². The Hall–Kier alpha value is -2.45. The molecule has 128 valence electrons. The van der Waals surface area contributed by atoms with Crippen LogP contribution in [0, 0.1) is 5.82 Å². The largest absolute Gasteiger partial charge is 0.394 e. The van der Waals surface area contributed by atoms with Crippen LogP contribution < -0.4 is 5.32 Å². The molecule has 7 nitrogen and oxygen atoms in total. The molecule has 1 aromatic heterocycles. The van der Waals surface area contributed by atoms with Crippen LogP contribution in [0.1, 0.15) is 5.56 Å². The molecule has 1 fully saturated rings. The summed E-state index contributed by atoms with van der Waals surface area (Å²) in [5.74, 6) is -0.279. The topological polar surface area (TPSA) is 79.6 Å². The fourth-order valence-corrected chi connectivity index (χ4v) is 2.51. The highest BCUT2D eigenvalue weighted by atomic mass is 19.1. The average Bonchev–Trinajstić information content (AvgIpc) is 3.04. The smallest absolute Gasteiger partial charge is 0.322 e. The number of anilines is 1. The fourth-order valence-electron chi connectivity index (χ4n) is 2.51. The van der Waals surface area contributed by atoms with E-state index in [4.69, 9.17) is 9.84 Å². The lowest BCUT2D eigenvalue weighted by atomic mass is 10.2. The number of aliphatic hydroxyl groups excluding tert-OH is 1. The number of benzene rings is 1. The number of hydrogen-bond acceptors (Lipinski definition) is 4. The maximum absolute atomic E-state index is 12.9. The number of amides is 2. The molecule has 1 saturated heterocycles. The van der Waals surface area contributed by atoms with Crippen molar-refractivity contribution in [1.82, 2.24) is 14.7 Å². The van der Waals surface area contributed by atoms with Gasteiger partial charge in [-0.05, 0) is 17.7 Å². The van der Waals surface area contributed by atoms with Crippen LogP contribution in [0.3, 0.4) is 0 Å². The molecule has 2 N–H and O–H groups in total. The average molecular weight is 334 g/mol. The van der Waals surface area contributed by atoms with E-state index in [9.17, 15) is 9.18 Å². The summed E-state index contributed by atoms with van der Waals surface area (Å²) in [7, 11) is 0. The fraction of sp³-hybridized carbons (Fsp3) is 0.375. The molecule has 1 aliphatic rings. The number of carbonyl (C=O) groups excluding carboxylic acids is 1. The van der Waals surface area contributed by atoms with Gasteiger partial charge in [-0.3, -0.25) is 4.68 Å². The van der Waals surface area contributed by atoms with Crippen molar-refractivity contribution in [2.24, 2.45) is 0 Å². The second-order valence-corrected chi connectivity index (χ2v) is 5.60. The van der Waals surface area contributed by atoms with E-state index in [2.05, 4.69) is 10.4 Å². The van der Waals surface area contributed by atoms with E-state index in [0.717, 1.165) is 5.56 Å². The van der Waals surface area contributed by atoms with Gasteiger partial charge in [0.2, 0.25) is 0 Å². The lowest BCUT2D eigenvalue weighted by Crippen LogP contribution is -2.48. The van der Waals surface area contributed by atoms with E-state index >= 15 is 0 Å². The summed E-state index contributed by atoms with van der Waals surface area (Å²) in [5.41, 5.74) is 1.49. The minimum absolute atomic E-state index is 0.112. The molecule has 0 aliphatic carbocycles. The third kappa shape index (κ3) is 4.09. The van der Waals surface area contributed by atoms with Crippen molar-refractivity contribution >= 4 is 11.7 Å². The number of hydrogen-bond donors (Lipinski definition) is 2. The Morgan fingerprint density at radius 1 is 1.42 bits per heavy atom. The Morgan fingerprint density at radius 3 is 2.96 bits per heavy atom. The predicted octanol–water partition coefficient (Wildman–Crippen LogP) is 1.30. The predicted molar refractivity (Wildman–Crippen MR) is 85.1 cm³/mol. The maximum Gasteiger partial charge on any atom is 0.322 e. The number of ether oxygens (including phenoxy) is 1. The van der Waals surface area contributed by atoms with Gasteiger partial charge in [0.25, 0.3) is 0 Å². The van der Waals surface area contributed by atoms with E-state index in [1.807, 2.05) is 0 Å². The molecule has 0 radical (unpaired) electrons. The molecule has 1 unspecified atom stereocenters. The van der Waals surface area contributed by atoms with Crippen molar-refractivity contribution in [2.45, 2.75) is 12.6 Å². The third-order valence-corrected chi connectivity index (χ3v) is 3.77. The summed E-state index contributed by atoms with van der Waals surface area (Å²) in [6.07, 6.45) is 2.93. The molecule has 1 aliphatic heterocycles. The van der Waals surface area contributed by atoms with Gasteiger partial charge in [-0.15, -0.1) is 0 Å². The van der Waals surface area contributed by atoms with Crippen LogP contribution in [0.5, 0.6) is 0 Å². The van der Waals surface area contributed by atoms with Gasteiger partial charge in [0, 0.05) is 12.7 Å². The molecule has 8 heteroatoms. The molecular formula is C16H19FN4O3. The third-order valence-electron chi connectivity index (χ3n) is 3.77. The molecule has 0 spiro atoms. The first kappa shape index (κ1) is 16.4. The molecule has 2 heterocycles. The summed E-state index contributed by atoms with van der Waals surface area (Å²) >= 11 is 0. The Labute approximate surface area is 138 Å². The lowest BCUT2D eigenvalue weighted by Gasteiger charge is -2.31. The Morgan fingerprint density at radius 2 is 2.21 bits per heavy atom. The Kier molecular flexibility index (Phi) is 5.07. The number of carbonyl (C=O) groups is 1. The Bertz CT molecular complexity index is 689. The number of nitrogens with one attached hydrogen (secondary N) is 1. The van der Waals surface area contributed by atoms with Gasteiger partial charge in [-0.25, -0.2) is 9.18 Å². The molecule has 0 bridgehead atoms. The summed E-state index contributed by atoms with van der Waals surface area (Å²) in [6.45, 7) is 1.61. The van der Waals surface area contributed by atoms with Crippen molar-refractivity contribution < 1.29 is 19.0 Å². The highest BCUT2D eigenvalue weighted by Gasteiger charge is 2.23. The zero-order valence-corrected chi connectivity index (χ0v) is 13.1. The van der Waals surface area contributed by atoms with Gasteiger partial charge in [0.05, 0.1) is 44.3 Å². The number of aliphatic hydroxyl groups is 1. The molecule has 24 heavy (non-hydrogen) atoms. The van der Waals surface area contributed by atoms with Crippen molar-refractivity contribution in [2.75, 3.05) is 31.6 Å². The molecule has 1 aromatic carbocycles. The van der Waals surface area contributed by atoms with Crippen molar-refractivity contribution in [3.63, 3.8) is 0 Å². The van der Waals surface area contributed by atoms with Crippen LogP contribution >= 0.6 is 0 Å². The Balaban J connectivity index is 1.57. The normalized spacial score (nSPS) is 17.8. The minimum atomic E-state index is -0.342. The first-order valence-electron chi connectivity index (χ1n) is 7.69. The maximum atomic E-state index is 12.9. The highest BCUT2D eigenvalue weighted by molar-refractivity contribution is 5.89. The zero-order chi connectivity index (χ0) is 16.9. The highest BCUT2D eigenvalue weighted by Crippen LogP contribution is 2.11. The molecule has 2 aromatic rings. The number of aromatic nitrogens is 2. The summed E-state index contributed by atoms with van der Waals surface area (Å²) in [4.78, 5) is 13.8. The standard InChI is InChI=1S/C16H19FN4O3/c17-13-3-1-12(2-4-13)8-21-9-14(7-18-21)19-16(23)20-5-6-24-15(10-20)11-22/h1-4,7,9,15,22H,5-6,8,10-11H2,(H,19,23). The van der Waals surface area contributed by atoms with E-state index in [0.29, 0.717) is 31.9 Å². The summed E-state index contributed by atoms with van der Waals surface area (Å²) in [6, 6.07) is 5.93. The number of halogens is 1. The van der Waals surface area contributed by atoms with Crippen LogP contribution in [0.4, 0.5) is 14.9 Å². The van der Waals surface area contributed by atoms with Crippen molar-refractivity contribution in [1.29, 1.82) is 0 Å². The minimum Gasteiger partial charge on any atom is -0.394 e. The monoisotopic (exact) mass is 334 g/mol. The number of urea groups is 1. The van der Waals surface area contributed by atoms with E-state index in [1.165, 1.54) is 12.1 Å². The quantitative estimate of drug-likeness (QED) is 0.883. The number of morpholine rings is 1. The number of nitrogens with zero attached hydrogens (tertiary/aromatic N) is 3. The molecule has 2 amide bonds. The first-order chi connectivity index (χ1) is 11.6. The zero-order valence-electron chi connectivity index (χ0n) is 13.1. The van der Waals surface area contributed by atoms with Gasteiger partial charge in [0.15, 0.2) is 0 Å². The molecule has 3 rings (SSSR count). The summed E-state index contributed by atoms with van der Waals surface area (Å²) < 4.78 is 19.9. The molecular weight excluding hydrogens is 315 g/mol. The second-order valence-electron chi connectivity index (χ2n) is 5.60. The van der Waals surface area contributed by atoms with Crippen LogP contribution in [0.25, 0.3) is 0 Å². The first-order valence-corrected chi connectivity index (χ1v) is 7.69. The van der Waals surface area contributed by atoms with Crippen LogP contribution in [0.2, 0.25) is 0 Å². The SMILES string of the molecule is O=C(Nc1cnn(Cc2ccc(F)cc2)c1)N1CCOC(CO)C1. The van der Waals surface area contributed by atoms with Crippen LogP contribution in [-0.2, 0) is 11.3 Å². The summed E-state index contributed by atoms with van der Waals surface area (Å²) in [5, 5.41) is 16.1. The second kappa shape index (κ2) is 7.41. The van der Waals surface area contributed by atoms with E-state index in [1.54, 1.807) is 34.1 Å². The lowest BCUT2D eigenvalue weighted by molar-refractivity contribution is -0.0388. The van der Waals surface area contributed by atoms with Crippen LogP contribution in [-0.4, -0.2) is 58.2 Å². The molecule has 1 atom stereocenters.